The predicted molar refractivity (Wildman–Crippen MR) is 156 cm³/mol. The van der Waals surface area contributed by atoms with Crippen molar-refractivity contribution < 1.29 is 19.1 Å². The molecule has 2 heterocycles. The number of hydrogen-bond donors (Lipinski definition) is 1. The van der Waals surface area contributed by atoms with Crippen LogP contribution in [0.1, 0.15) is 34.8 Å². The van der Waals surface area contributed by atoms with Gasteiger partial charge in [0.15, 0.2) is 17.1 Å². The van der Waals surface area contributed by atoms with Crippen LogP contribution in [-0.2, 0) is 16.1 Å². The number of esters is 1. The number of nitrogens with one attached hydrogen (secondary N) is 1. The molecule has 0 saturated carbocycles. The molecule has 1 unspecified atom stereocenters. The molecule has 0 aliphatic heterocycles. The summed E-state index contributed by atoms with van der Waals surface area (Å²) in [5.74, 6) is 0.549. The third kappa shape index (κ3) is 6.70. The van der Waals surface area contributed by atoms with E-state index in [0.717, 1.165) is 11.1 Å². The van der Waals surface area contributed by atoms with Gasteiger partial charge in [0, 0.05) is 22.5 Å². The number of hydrogen-bond acceptors (Lipinski definition) is 8. The van der Waals surface area contributed by atoms with Crippen LogP contribution in [0, 0.1) is 6.92 Å². The number of methoxy groups -OCH3 is 1. The van der Waals surface area contributed by atoms with Gasteiger partial charge in [0.1, 0.15) is 16.3 Å². The Labute approximate surface area is 240 Å². The van der Waals surface area contributed by atoms with Gasteiger partial charge < -0.3 is 14.8 Å². The Hall–Kier alpha value is -3.60. The van der Waals surface area contributed by atoms with Crippen LogP contribution in [0.15, 0.2) is 71.7 Å². The van der Waals surface area contributed by atoms with Gasteiger partial charge in [-0.15, -0.1) is 28.1 Å². The van der Waals surface area contributed by atoms with E-state index in [9.17, 15) is 9.59 Å². The largest absolute Gasteiger partial charge is 0.482 e. The minimum Gasteiger partial charge on any atom is -0.482 e. The minimum absolute atomic E-state index is 0.0555. The van der Waals surface area contributed by atoms with Gasteiger partial charge in [-0.3, -0.25) is 9.36 Å². The van der Waals surface area contributed by atoms with Crippen molar-refractivity contribution in [2.75, 3.05) is 18.2 Å². The van der Waals surface area contributed by atoms with Crippen LogP contribution in [0.3, 0.4) is 0 Å². The van der Waals surface area contributed by atoms with Crippen molar-refractivity contribution in [3.05, 3.63) is 88.5 Å². The van der Waals surface area contributed by atoms with Gasteiger partial charge in [0.25, 0.3) is 0 Å². The minimum atomic E-state index is -0.515. The fraction of sp³-hybridized carbons (Fsp3) is 0.214. The van der Waals surface area contributed by atoms with Crippen LogP contribution in [-0.4, -0.2) is 39.5 Å². The zero-order valence-corrected chi connectivity index (χ0v) is 24.0. The maximum atomic E-state index is 12.9. The lowest BCUT2D eigenvalue weighted by Gasteiger charge is -2.17. The van der Waals surface area contributed by atoms with E-state index in [-0.39, 0.29) is 11.7 Å². The van der Waals surface area contributed by atoms with Crippen molar-refractivity contribution in [2.24, 2.45) is 0 Å². The highest BCUT2D eigenvalue weighted by atomic mass is 35.5. The maximum absolute atomic E-state index is 12.9. The third-order valence-electron chi connectivity index (χ3n) is 5.71. The average Bonchev–Trinajstić information content (AvgIpc) is 3.53. The summed E-state index contributed by atoms with van der Waals surface area (Å²) in [4.78, 5) is 25.5. The van der Waals surface area contributed by atoms with E-state index in [4.69, 9.17) is 21.1 Å². The predicted octanol–water partition coefficient (Wildman–Crippen LogP) is 6.81. The molecule has 8 nitrogen and oxygen atoms in total. The van der Waals surface area contributed by atoms with E-state index in [1.54, 1.807) is 12.1 Å². The Morgan fingerprint density at radius 2 is 2.00 bits per heavy atom. The zero-order chi connectivity index (χ0) is 27.9. The van der Waals surface area contributed by atoms with E-state index in [0.29, 0.717) is 44.4 Å². The lowest BCUT2D eigenvalue weighted by molar-refractivity contribution is -0.113. The number of anilines is 1. The van der Waals surface area contributed by atoms with E-state index in [1.807, 2.05) is 66.3 Å². The Bertz CT molecular complexity index is 1490. The first-order valence-electron chi connectivity index (χ1n) is 12.0. The molecule has 0 bridgehead atoms. The molecule has 1 N–H and O–H groups in total. The summed E-state index contributed by atoms with van der Waals surface area (Å²) in [5, 5.41) is 14.9. The first-order valence-corrected chi connectivity index (χ1v) is 14.2. The van der Waals surface area contributed by atoms with Crippen LogP contribution in [0.2, 0.25) is 5.02 Å². The smallest absolute Gasteiger partial charge is 0.341 e. The molecule has 1 atom stereocenters. The van der Waals surface area contributed by atoms with Crippen LogP contribution in [0.25, 0.3) is 11.1 Å². The normalized spacial score (nSPS) is 11.6. The topological polar surface area (TPSA) is 95.3 Å². The van der Waals surface area contributed by atoms with Crippen LogP contribution < -0.4 is 10.1 Å². The Balaban J connectivity index is 1.47. The zero-order valence-electron chi connectivity index (χ0n) is 21.6. The molecule has 0 aliphatic rings. The molecule has 202 valence electrons. The molecule has 0 fully saturated rings. The van der Waals surface area contributed by atoms with Gasteiger partial charge >= 0.3 is 5.97 Å². The molecule has 39 heavy (non-hydrogen) atoms. The molecule has 0 spiro atoms. The van der Waals surface area contributed by atoms with E-state index in [1.165, 1.54) is 30.2 Å². The van der Waals surface area contributed by atoms with E-state index < -0.39 is 12.1 Å². The first kappa shape index (κ1) is 28.4. The second kappa shape index (κ2) is 13.0. The molecular formula is C28H27ClN4O4S2. The van der Waals surface area contributed by atoms with Crippen molar-refractivity contribution in [2.45, 2.75) is 31.7 Å². The number of thiophene rings is 1. The lowest BCUT2D eigenvalue weighted by Crippen LogP contribution is -2.17. The number of benzene rings is 2. The third-order valence-corrected chi connectivity index (χ3v) is 7.81. The number of rotatable bonds is 11. The fourth-order valence-electron chi connectivity index (χ4n) is 3.87. The quantitative estimate of drug-likeness (QED) is 0.118. The summed E-state index contributed by atoms with van der Waals surface area (Å²) in [6.45, 7) is 8.08. The van der Waals surface area contributed by atoms with Gasteiger partial charge in [-0.2, -0.15) is 0 Å². The molecule has 2 aromatic heterocycles. The summed E-state index contributed by atoms with van der Waals surface area (Å²) in [7, 11) is 1.32. The van der Waals surface area contributed by atoms with Crippen LogP contribution in [0.4, 0.5) is 5.00 Å². The van der Waals surface area contributed by atoms with Crippen molar-refractivity contribution in [3.8, 4) is 16.9 Å². The molecule has 2 aromatic carbocycles. The van der Waals surface area contributed by atoms with Crippen molar-refractivity contribution in [3.63, 3.8) is 0 Å². The standard InChI is InChI=1S/C28H27ClN4O4S2/c1-5-13-33-25(18(3)37-22-12-11-20(29)14-17(22)2)31-32-28(33)39-16-23(34)30-26-24(27(35)36-4)21(15-38-26)19-9-7-6-8-10-19/h5-12,14-15,18H,1,13,16H2,2-4H3,(H,30,34). The van der Waals surface area contributed by atoms with Gasteiger partial charge in [-0.1, -0.05) is 59.8 Å². The average molecular weight is 583 g/mol. The number of ether oxygens (including phenoxy) is 2. The van der Waals surface area contributed by atoms with Gasteiger partial charge in [0.2, 0.25) is 5.91 Å². The molecule has 4 rings (SSSR count). The molecule has 1 amide bonds. The van der Waals surface area contributed by atoms with Crippen LogP contribution >= 0.6 is 34.7 Å². The fourth-order valence-corrected chi connectivity index (χ4v) is 5.83. The summed E-state index contributed by atoms with van der Waals surface area (Å²) in [5.41, 5.74) is 2.80. The van der Waals surface area contributed by atoms with Crippen molar-refractivity contribution >= 4 is 51.6 Å². The molecule has 11 heteroatoms. The summed E-state index contributed by atoms with van der Waals surface area (Å²) in [6, 6.07) is 14.9. The van der Waals surface area contributed by atoms with E-state index in [2.05, 4.69) is 22.1 Å². The summed E-state index contributed by atoms with van der Waals surface area (Å²) in [6.07, 6.45) is 1.32. The SMILES string of the molecule is C=CCn1c(SCC(=O)Nc2scc(-c3ccccc3)c2C(=O)OC)nnc1C(C)Oc1ccc(Cl)cc1C. The van der Waals surface area contributed by atoms with Gasteiger partial charge in [-0.05, 0) is 43.2 Å². The number of amides is 1. The molecule has 4 aromatic rings. The second-order valence-electron chi connectivity index (χ2n) is 8.46. The highest BCUT2D eigenvalue weighted by molar-refractivity contribution is 7.99. The lowest BCUT2D eigenvalue weighted by atomic mass is 10.0. The highest BCUT2D eigenvalue weighted by Gasteiger charge is 2.24. The Morgan fingerprint density at radius 1 is 1.23 bits per heavy atom. The van der Waals surface area contributed by atoms with Crippen molar-refractivity contribution in [1.82, 2.24) is 14.8 Å². The van der Waals surface area contributed by atoms with Crippen molar-refractivity contribution in [1.29, 1.82) is 0 Å². The first-order chi connectivity index (χ1) is 18.8. The molecule has 0 aliphatic carbocycles. The number of carbonyl (C=O) groups is 2. The number of aryl methyl sites for hydroxylation is 1. The van der Waals surface area contributed by atoms with E-state index >= 15 is 0 Å². The Kier molecular flexibility index (Phi) is 9.45. The number of carbonyl (C=O) groups excluding carboxylic acids is 2. The summed E-state index contributed by atoms with van der Waals surface area (Å²) >= 11 is 8.57. The summed E-state index contributed by atoms with van der Waals surface area (Å²) < 4.78 is 13.0. The van der Waals surface area contributed by atoms with Gasteiger partial charge in [0.05, 0.1) is 12.9 Å². The van der Waals surface area contributed by atoms with Crippen LogP contribution in [0.5, 0.6) is 5.75 Å². The number of allylic oxidation sites excluding steroid dienone is 1. The number of nitrogens with zero attached hydrogens (tertiary/aromatic N) is 3. The molecule has 0 saturated heterocycles. The molecular weight excluding hydrogens is 556 g/mol. The number of halogens is 1. The maximum Gasteiger partial charge on any atom is 0.341 e. The number of thioether (sulfide) groups is 1. The second-order valence-corrected chi connectivity index (χ2v) is 10.7. The Morgan fingerprint density at radius 3 is 2.69 bits per heavy atom. The van der Waals surface area contributed by atoms with Gasteiger partial charge in [-0.25, -0.2) is 4.79 Å². The monoisotopic (exact) mass is 582 g/mol. The highest BCUT2D eigenvalue weighted by Crippen LogP contribution is 2.36. The number of aromatic nitrogens is 3. The molecule has 0 radical (unpaired) electrons.